The zero-order valence-electron chi connectivity index (χ0n) is 8.43. The molecule has 0 saturated carbocycles. The lowest BCUT2D eigenvalue weighted by Gasteiger charge is -2.14. The highest BCUT2D eigenvalue weighted by Crippen LogP contribution is 2.25. The quantitative estimate of drug-likeness (QED) is 0.749. The third-order valence-corrected chi connectivity index (χ3v) is 2.61. The second-order valence-electron chi connectivity index (χ2n) is 3.68. The fourth-order valence-corrected chi connectivity index (χ4v) is 2.02. The van der Waals surface area contributed by atoms with E-state index in [1.54, 1.807) is 0 Å². The van der Waals surface area contributed by atoms with Gasteiger partial charge in [-0.15, -0.1) is 0 Å². The molecular weight excluding hydrogens is 162 g/mol. The van der Waals surface area contributed by atoms with Crippen molar-refractivity contribution in [2.45, 2.75) is 32.6 Å². The van der Waals surface area contributed by atoms with Gasteiger partial charge in [0.2, 0.25) is 0 Å². The molecule has 0 unspecified atom stereocenters. The van der Waals surface area contributed by atoms with Crippen LogP contribution in [0.3, 0.4) is 0 Å². The van der Waals surface area contributed by atoms with Crippen LogP contribution in [0.5, 0.6) is 0 Å². The second-order valence-corrected chi connectivity index (χ2v) is 3.68. The predicted molar refractivity (Wildman–Crippen MR) is 54.0 cm³/mol. The second kappa shape index (κ2) is 3.40. The molecular formula is C10H17N3. The van der Waals surface area contributed by atoms with Crippen LogP contribution in [0.1, 0.15) is 31.0 Å². The van der Waals surface area contributed by atoms with Gasteiger partial charge in [-0.25, -0.2) is 0 Å². The maximum Gasteiger partial charge on any atom is 0.127 e. The van der Waals surface area contributed by atoms with Crippen LogP contribution in [0.4, 0.5) is 5.82 Å². The molecule has 0 saturated heterocycles. The number of nitrogens with zero attached hydrogens (tertiary/aromatic N) is 2. The summed E-state index contributed by atoms with van der Waals surface area (Å²) in [5.74, 6) is 1.25. The molecule has 1 aliphatic rings. The molecule has 0 radical (unpaired) electrons. The van der Waals surface area contributed by atoms with Gasteiger partial charge in [0.15, 0.2) is 0 Å². The van der Waals surface area contributed by atoms with Crippen molar-refractivity contribution in [2.75, 3.05) is 11.9 Å². The maximum atomic E-state index is 4.54. The maximum absolute atomic E-state index is 4.54. The zero-order chi connectivity index (χ0) is 9.26. The number of aryl methyl sites for hydroxylation is 2. The SMILES string of the molecule is CCCc1nn(C)c2c1CCCN2. The molecule has 3 nitrogen and oxygen atoms in total. The van der Waals surface area contributed by atoms with E-state index >= 15 is 0 Å². The Balaban J connectivity index is 2.36. The Bertz CT molecular complexity index is 301. The van der Waals surface area contributed by atoms with Gasteiger partial charge in [0.05, 0.1) is 5.69 Å². The van der Waals surface area contributed by atoms with Gasteiger partial charge in [-0.3, -0.25) is 4.68 Å². The van der Waals surface area contributed by atoms with Gasteiger partial charge in [-0.05, 0) is 19.3 Å². The molecule has 0 fully saturated rings. The summed E-state index contributed by atoms with van der Waals surface area (Å²) in [7, 11) is 2.02. The Morgan fingerprint density at radius 3 is 3.15 bits per heavy atom. The van der Waals surface area contributed by atoms with E-state index in [4.69, 9.17) is 0 Å². The van der Waals surface area contributed by atoms with Crippen molar-refractivity contribution in [3.63, 3.8) is 0 Å². The van der Waals surface area contributed by atoms with E-state index < -0.39 is 0 Å². The summed E-state index contributed by atoms with van der Waals surface area (Å²) in [6.45, 7) is 3.30. The molecule has 0 amide bonds. The monoisotopic (exact) mass is 179 g/mol. The molecule has 2 heterocycles. The van der Waals surface area contributed by atoms with Crippen molar-refractivity contribution < 1.29 is 0 Å². The van der Waals surface area contributed by atoms with Gasteiger partial charge < -0.3 is 5.32 Å². The van der Waals surface area contributed by atoms with Crippen molar-refractivity contribution in [1.82, 2.24) is 9.78 Å². The van der Waals surface area contributed by atoms with Gasteiger partial charge >= 0.3 is 0 Å². The highest BCUT2D eigenvalue weighted by molar-refractivity contribution is 5.49. The summed E-state index contributed by atoms with van der Waals surface area (Å²) in [5.41, 5.74) is 2.75. The zero-order valence-corrected chi connectivity index (χ0v) is 8.43. The Morgan fingerprint density at radius 1 is 1.54 bits per heavy atom. The standard InChI is InChI=1S/C10H17N3/c1-3-5-9-8-6-4-7-11-10(8)13(2)12-9/h11H,3-7H2,1-2H3. The minimum absolute atomic E-state index is 1.10. The van der Waals surface area contributed by atoms with Crippen molar-refractivity contribution in [2.24, 2.45) is 7.05 Å². The first-order valence-electron chi connectivity index (χ1n) is 5.11. The van der Waals surface area contributed by atoms with Gasteiger partial charge in [0.25, 0.3) is 0 Å². The number of fused-ring (bicyclic) bond motifs is 1. The number of anilines is 1. The molecule has 3 heteroatoms. The van der Waals surface area contributed by atoms with Crippen LogP contribution in [0.25, 0.3) is 0 Å². The fraction of sp³-hybridized carbons (Fsp3) is 0.700. The first-order valence-corrected chi connectivity index (χ1v) is 5.11. The molecule has 1 N–H and O–H groups in total. The van der Waals surface area contributed by atoms with E-state index in [0.717, 1.165) is 13.0 Å². The minimum atomic E-state index is 1.10. The molecule has 1 aromatic rings. The normalized spacial score (nSPS) is 15.2. The number of aromatic nitrogens is 2. The minimum Gasteiger partial charge on any atom is -0.370 e. The van der Waals surface area contributed by atoms with Crippen molar-refractivity contribution in [1.29, 1.82) is 0 Å². The number of hydrogen-bond donors (Lipinski definition) is 1. The molecule has 1 aromatic heterocycles. The number of rotatable bonds is 2. The average molecular weight is 179 g/mol. The Hall–Kier alpha value is -0.990. The molecule has 0 bridgehead atoms. The van der Waals surface area contributed by atoms with Crippen molar-refractivity contribution in [3.05, 3.63) is 11.3 Å². The molecule has 72 valence electrons. The molecule has 2 rings (SSSR count). The lowest BCUT2D eigenvalue weighted by atomic mass is 10.0. The van der Waals surface area contributed by atoms with E-state index in [-0.39, 0.29) is 0 Å². The van der Waals surface area contributed by atoms with Crippen molar-refractivity contribution in [3.8, 4) is 0 Å². The Labute approximate surface area is 79.1 Å². The number of hydrogen-bond acceptors (Lipinski definition) is 2. The molecule has 0 atom stereocenters. The van der Waals surface area contributed by atoms with Gasteiger partial charge in [0, 0.05) is 19.2 Å². The first-order chi connectivity index (χ1) is 6.33. The number of nitrogens with one attached hydrogen (secondary N) is 1. The van der Waals surface area contributed by atoms with Gasteiger partial charge in [-0.2, -0.15) is 5.10 Å². The topological polar surface area (TPSA) is 29.9 Å². The Morgan fingerprint density at radius 2 is 2.38 bits per heavy atom. The van der Waals surface area contributed by atoms with Crippen LogP contribution >= 0.6 is 0 Å². The van der Waals surface area contributed by atoms with E-state index in [1.807, 2.05) is 11.7 Å². The smallest absolute Gasteiger partial charge is 0.127 e. The average Bonchev–Trinajstić information content (AvgIpc) is 2.46. The van der Waals surface area contributed by atoms with Crippen LogP contribution < -0.4 is 5.32 Å². The lowest BCUT2D eigenvalue weighted by molar-refractivity contribution is 0.733. The summed E-state index contributed by atoms with van der Waals surface area (Å²) in [6, 6.07) is 0. The van der Waals surface area contributed by atoms with Gasteiger partial charge in [0.1, 0.15) is 5.82 Å². The molecule has 0 aliphatic carbocycles. The molecule has 1 aliphatic heterocycles. The largest absolute Gasteiger partial charge is 0.370 e. The van der Waals surface area contributed by atoms with Crippen LogP contribution in [0.2, 0.25) is 0 Å². The van der Waals surface area contributed by atoms with E-state index in [9.17, 15) is 0 Å². The van der Waals surface area contributed by atoms with E-state index in [0.29, 0.717) is 0 Å². The van der Waals surface area contributed by atoms with E-state index in [1.165, 1.54) is 36.3 Å². The predicted octanol–water partition coefficient (Wildman–Crippen LogP) is 1.73. The third-order valence-electron chi connectivity index (χ3n) is 2.61. The summed E-state index contributed by atoms with van der Waals surface area (Å²) in [4.78, 5) is 0. The molecule has 0 aromatic carbocycles. The van der Waals surface area contributed by atoms with Crippen molar-refractivity contribution >= 4 is 5.82 Å². The third kappa shape index (κ3) is 1.43. The van der Waals surface area contributed by atoms with E-state index in [2.05, 4.69) is 17.3 Å². The van der Waals surface area contributed by atoms with Crippen LogP contribution in [0, 0.1) is 0 Å². The fourth-order valence-electron chi connectivity index (χ4n) is 2.02. The first kappa shape index (κ1) is 8.60. The highest BCUT2D eigenvalue weighted by atomic mass is 15.3. The summed E-state index contributed by atoms with van der Waals surface area (Å²) in [5, 5.41) is 7.95. The summed E-state index contributed by atoms with van der Waals surface area (Å²) in [6.07, 6.45) is 4.75. The highest BCUT2D eigenvalue weighted by Gasteiger charge is 2.17. The summed E-state index contributed by atoms with van der Waals surface area (Å²) < 4.78 is 1.99. The van der Waals surface area contributed by atoms with Gasteiger partial charge in [-0.1, -0.05) is 13.3 Å². The van der Waals surface area contributed by atoms with Crippen LogP contribution in [-0.2, 0) is 19.9 Å². The Kier molecular flexibility index (Phi) is 2.25. The van der Waals surface area contributed by atoms with Crippen LogP contribution in [-0.4, -0.2) is 16.3 Å². The summed E-state index contributed by atoms with van der Waals surface area (Å²) >= 11 is 0. The molecule has 0 spiro atoms. The lowest BCUT2D eigenvalue weighted by Crippen LogP contribution is -2.13. The molecule has 13 heavy (non-hydrogen) atoms. The van der Waals surface area contributed by atoms with Crippen LogP contribution in [0.15, 0.2) is 0 Å².